The number of imide groups is 1. The zero-order valence-corrected chi connectivity index (χ0v) is 13.1. The van der Waals surface area contributed by atoms with Crippen LogP contribution < -0.4 is 0 Å². The topological polar surface area (TPSA) is 94.9 Å². The molecule has 0 saturated carbocycles. The van der Waals surface area contributed by atoms with E-state index in [0.717, 1.165) is 11.1 Å². The van der Waals surface area contributed by atoms with Gasteiger partial charge in [-0.15, -0.1) is 0 Å². The number of amides is 2. The lowest BCUT2D eigenvalue weighted by molar-refractivity contribution is -0.147. The van der Waals surface area contributed by atoms with Gasteiger partial charge in [-0.2, -0.15) is 0 Å². The van der Waals surface area contributed by atoms with Gasteiger partial charge < -0.3 is 10.2 Å². The van der Waals surface area contributed by atoms with Gasteiger partial charge in [0.15, 0.2) is 0 Å². The van der Waals surface area contributed by atoms with Crippen LogP contribution in [0.15, 0.2) is 60.7 Å². The first-order valence-corrected chi connectivity index (χ1v) is 7.62. The van der Waals surface area contributed by atoms with Crippen molar-refractivity contribution in [3.63, 3.8) is 0 Å². The van der Waals surface area contributed by atoms with Crippen LogP contribution in [0, 0.1) is 0 Å². The maximum atomic E-state index is 12.0. The van der Waals surface area contributed by atoms with Crippen molar-refractivity contribution in [1.82, 2.24) is 4.90 Å². The Balaban J connectivity index is 1.91. The molecule has 2 aromatic carbocycles. The Labute approximate surface area is 143 Å². The SMILES string of the molecule is O=C(O)[C@H]1CC(c2ccc(-c3ccccc3)cc2)=CC(=O)N1C(=O)O. The fourth-order valence-electron chi connectivity index (χ4n) is 2.86. The maximum Gasteiger partial charge on any atom is 0.415 e. The molecule has 0 spiro atoms. The molecular formula is C19H15NO5. The summed E-state index contributed by atoms with van der Waals surface area (Å²) >= 11 is 0. The van der Waals surface area contributed by atoms with E-state index in [2.05, 4.69) is 0 Å². The average molecular weight is 337 g/mol. The monoisotopic (exact) mass is 337 g/mol. The summed E-state index contributed by atoms with van der Waals surface area (Å²) in [6.07, 6.45) is -0.435. The first kappa shape index (κ1) is 16.4. The number of benzene rings is 2. The molecule has 2 aromatic rings. The first-order chi connectivity index (χ1) is 12.0. The van der Waals surface area contributed by atoms with E-state index in [0.29, 0.717) is 16.0 Å². The summed E-state index contributed by atoms with van der Waals surface area (Å²) in [5, 5.41) is 18.3. The molecule has 126 valence electrons. The number of carbonyl (C=O) groups is 3. The molecule has 0 aromatic heterocycles. The largest absolute Gasteiger partial charge is 0.480 e. The van der Waals surface area contributed by atoms with Gasteiger partial charge in [0.2, 0.25) is 0 Å². The van der Waals surface area contributed by atoms with Gasteiger partial charge in [0, 0.05) is 12.5 Å². The molecule has 6 heteroatoms. The van der Waals surface area contributed by atoms with Crippen molar-refractivity contribution in [2.75, 3.05) is 0 Å². The summed E-state index contributed by atoms with van der Waals surface area (Å²) in [7, 11) is 0. The van der Waals surface area contributed by atoms with Crippen LogP contribution >= 0.6 is 0 Å². The van der Waals surface area contributed by atoms with Crippen LogP contribution in [0.1, 0.15) is 12.0 Å². The van der Waals surface area contributed by atoms with E-state index in [1.165, 1.54) is 6.08 Å². The third kappa shape index (κ3) is 3.28. The molecule has 1 heterocycles. The molecule has 0 radical (unpaired) electrons. The molecule has 2 N–H and O–H groups in total. The third-order valence-corrected chi connectivity index (χ3v) is 4.11. The molecule has 0 fully saturated rings. The molecule has 0 bridgehead atoms. The highest BCUT2D eigenvalue weighted by atomic mass is 16.4. The van der Waals surface area contributed by atoms with Gasteiger partial charge in [0.05, 0.1) is 0 Å². The number of carboxylic acids is 1. The van der Waals surface area contributed by atoms with Crippen LogP contribution in [0.3, 0.4) is 0 Å². The van der Waals surface area contributed by atoms with Gasteiger partial charge in [0.1, 0.15) is 6.04 Å². The van der Waals surface area contributed by atoms with Gasteiger partial charge in [-0.05, 0) is 22.3 Å². The Morgan fingerprint density at radius 1 is 0.880 bits per heavy atom. The van der Waals surface area contributed by atoms with Crippen molar-refractivity contribution in [3.05, 3.63) is 66.2 Å². The zero-order valence-electron chi connectivity index (χ0n) is 13.1. The minimum atomic E-state index is -1.56. The lowest BCUT2D eigenvalue weighted by Gasteiger charge is -2.28. The average Bonchev–Trinajstić information content (AvgIpc) is 2.61. The van der Waals surface area contributed by atoms with Gasteiger partial charge in [-0.1, -0.05) is 54.6 Å². The molecule has 0 saturated heterocycles. The van der Waals surface area contributed by atoms with E-state index in [-0.39, 0.29) is 6.42 Å². The minimum absolute atomic E-state index is 0.0575. The molecule has 6 nitrogen and oxygen atoms in total. The van der Waals surface area contributed by atoms with Crippen LogP contribution in [-0.4, -0.2) is 39.1 Å². The van der Waals surface area contributed by atoms with Gasteiger partial charge >= 0.3 is 12.1 Å². The van der Waals surface area contributed by atoms with Crippen molar-refractivity contribution in [1.29, 1.82) is 0 Å². The number of aliphatic carboxylic acids is 1. The molecule has 0 aliphatic carbocycles. The number of hydrogen-bond donors (Lipinski definition) is 2. The van der Waals surface area contributed by atoms with Crippen molar-refractivity contribution in [2.24, 2.45) is 0 Å². The maximum absolute atomic E-state index is 12.0. The fourth-order valence-corrected chi connectivity index (χ4v) is 2.86. The summed E-state index contributed by atoms with van der Waals surface area (Å²) in [5.41, 5.74) is 3.25. The Kier molecular flexibility index (Phi) is 4.35. The van der Waals surface area contributed by atoms with Crippen molar-refractivity contribution >= 4 is 23.5 Å². The van der Waals surface area contributed by atoms with E-state index in [1.807, 2.05) is 42.5 Å². The zero-order chi connectivity index (χ0) is 18.0. The molecule has 1 aliphatic heterocycles. The van der Waals surface area contributed by atoms with Crippen molar-refractivity contribution < 1.29 is 24.6 Å². The molecule has 1 aliphatic rings. The third-order valence-electron chi connectivity index (χ3n) is 4.11. The van der Waals surface area contributed by atoms with Gasteiger partial charge in [-0.3, -0.25) is 4.79 Å². The molecule has 25 heavy (non-hydrogen) atoms. The Morgan fingerprint density at radius 3 is 2.00 bits per heavy atom. The first-order valence-electron chi connectivity index (χ1n) is 7.62. The van der Waals surface area contributed by atoms with Crippen LogP contribution in [0.25, 0.3) is 16.7 Å². The lowest BCUT2D eigenvalue weighted by atomic mass is 9.92. The Hall–Kier alpha value is -3.41. The normalized spacial score (nSPS) is 17.1. The molecule has 0 unspecified atom stereocenters. The second-order valence-electron chi connectivity index (χ2n) is 5.66. The van der Waals surface area contributed by atoms with Crippen LogP contribution in [-0.2, 0) is 9.59 Å². The molecule has 1 atom stereocenters. The predicted octanol–water partition coefficient (Wildman–Crippen LogP) is 3.10. The van der Waals surface area contributed by atoms with Crippen LogP contribution in [0.5, 0.6) is 0 Å². The summed E-state index contributed by atoms with van der Waals surface area (Å²) in [6.45, 7) is 0. The number of hydrogen-bond acceptors (Lipinski definition) is 3. The highest BCUT2D eigenvalue weighted by Gasteiger charge is 2.38. The minimum Gasteiger partial charge on any atom is -0.480 e. The standard InChI is InChI=1S/C19H15NO5/c21-17-11-15(10-16(18(22)23)20(17)19(24)25)14-8-6-13(7-9-14)12-4-2-1-3-5-12/h1-9,11,16H,10H2,(H,22,23)(H,24,25)/t16-/m1/s1. The van der Waals surface area contributed by atoms with Crippen LogP contribution in [0.4, 0.5) is 4.79 Å². The van der Waals surface area contributed by atoms with Crippen molar-refractivity contribution in [3.8, 4) is 11.1 Å². The quantitative estimate of drug-likeness (QED) is 0.897. The van der Waals surface area contributed by atoms with Gasteiger partial charge in [0.25, 0.3) is 5.91 Å². The summed E-state index contributed by atoms with van der Waals surface area (Å²) < 4.78 is 0. The van der Waals surface area contributed by atoms with E-state index in [9.17, 15) is 19.5 Å². The van der Waals surface area contributed by atoms with E-state index in [4.69, 9.17) is 5.11 Å². The highest BCUT2D eigenvalue weighted by Crippen LogP contribution is 2.29. The molecule has 2 amide bonds. The number of rotatable bonds is 3. The van der Waals surface area contributed by atoms with Crippen molar-refractivity contribution in [2.45, 2.75) is 12.5 Å². The Morgan fingerprint density at radius 2 is 1.44 bits per heavy atom. The molecule has 3 rings (SSSR count). The number of nitrogens with zero attached hydrogens (tertiary/aromatic N) is 1. The lowest BCUT2D eigenvalue weighted by Crippen LogP contribution is -2.49. The fraction of sp³-hybridized carbons (Fsp3) is 0.105. The Bertz CT molecular complexity index is 855. The smallest absolute Gasteiger partial charge is 0.415 e. The second-order valence-corrected chi connectivity index (χ2v) is 5.66. The van der Waals surface area contributed by atoms with E-state index in [1.54, 1.807) is 12.1 Å². The molecular weight excluding hydrogens is 322 g/mol. The second kappa shape index (κ2) is 6.60. The van der Waals surface area contributed by atoms with Gasteiger partial charge in [-0.25, -0.2) is 14.5 Å². The number of carboxylic acid groups (broad SMARTS) is 2. The van der Waals surface area contributed by atoms with Crippen LogP contribution in [0.2, 0.25) is 0 Å². The summed E-state index contributed by atoms with van der Waals surface area (Å²) in [4.78, 5) is 34.9. The van der Waals surface area contributed by atoms with E-state index >= 15 is 0 Å². The predicted molar refractivity (Wildman–Crippen MR) is 90.8 cm³/mol. The van der Waals surface area contributed by atoms with E-state index < -0.39 is 24.0 Å². The summed E-state index contributed by atoms with van der Waals surface area (Å²) in [5.74, 6) is -2.18. The highest BCUT2D eigenvalue weighted by molar-refractivity contribution is 6.07. The number of carbonyl (C=O) groups excluding carboxylic acids is 1. The summed E-state index contributed by atoms with van der Waals surface area (Å²) in [6, 6.07) is 15.7.